The Bertz CT molecular complexity index is 561. The second-order valence-electron chi connectivity index (χ2n) is 3.30. The molecule has 0 bridgehead atoms. The van der Waals surface area contributed by atoms with Gasteiger partial charge in [0, 0.05) is 25.5 Å². The molecule has 0 fully saturated rings. The molecule has 0 unspecified atom stereocenters. The standard InChI is InChI=1S/C10H8F3N5S/c1-14-8-17-6(10(11,12)13)5-7(18-8)19-9-15-3-2-4-16-9/h2-5H,1H3,(H,14,17,18). The SMILES string of the molecule is CNc1nc(Sc2ncccn2)cc(C(F)(F)F)n1. The molecule has 0 saturated carbocycles. The first-order valence-electron chi connectivity index (χ1n) is 5.08. The van der Waals surface area contributed by atoms with Gasteiger partial charge in [-0.25, -0.2) is 19.9 Å². The number of rotatable bonds is 3. The molecule has 2 aromatic heterocycles. The molecule has 19 heavy (non-hydrogen) atoms. The van der Waals surface area contributed by atoms with Crippen molar-refractivity contribution in [3.8, 4) is 0 Å². The van der Waals surface area contributed by atoms with E-state index in [2.05, 4.69) is 25.3 Å². The fourth-order valence-corrected chi connectivity index (χ4v) is 1.88. The first-order chi connectivity index (χ1) is 8.99. The van der Waals surface area contributed by atoms with Crippen LogP contribution >= 0.6 is 11.8 Å². The minimum absolute atomic E-state index is 0.103. The van der Waals surface area contributed by atoms with Crippen molar-refractivity contribution < 1.29 is 13.2 Å². The zero-order chi connectivity index (χ0) is 13.9. The van der Waals surface area contributed by atoms with Crippen molar-refractivity contribution in [2.45, 2.75) is 16.4 Å². The van der Waals surface area contributed by atoms with Crippen LogP contribution in [0.15, 0.2) is 34.7 Å². The van der Waals surface area contributed by atoms with Crippen molar-refractivity contribution in [3.63, 3.8) is 0 Å². The van der Waals surface area contributed by atoms with Gasteiger partial charge in [-0.1, -0.05) is 0 Å². The fourth-order valence-electron chi connectivity index (χ4n) is 1.17. The third kappa shape index (κ3) is 3.53. The van der Waals surface area contributed by atoms with Crippen LogP contribution in [-0.4, -0.2) is 27.0 Å². The average Bonchev–Trinajstić information content (AvgIpc) is 2.38. The summed E-state index contributed by atoms with van der Waals surface area (Å²) in [7, 11) is 1.45. The van der Waals surface area contributed by atoms with Crippen LogP contribution in [0, 0.1) is 0 Å². The summed E-state index contributed by atoms with van der Waals surface area (Å²) in [5.74, 6) is -0.103. The Kier molecular flexibility index (Phi) is 3.84. The molecule has 5 nitrogen and oxygen atoms in total. The number of alkyl halides is 3. The molecule has 0 aliphatic rings. The van der Waals surface area contributed by atoms with Gasteiger partial charge in [-0.15, -0.1) is 0 Å². The van der Waals surface area contributed by atoms with Crippen molar-refractivity contribution in [1.29, 1.82) is 0 Å². The van der Waals surface area contributed by atoms with Crippen LogP contribution in [0.5, 0.6) is 0 Å². The number of halogens is 3. The zero-order valence-electron chi connectivity index (χ0n) is 9.64. The predicted molar refractivity (Wildman–Crippen MR) is 62.7 cm³/mol. The Hall–Kier alpha value is -1.90. The van der Waals surface area contributed by atoms with E-state index < -0.39 is 11.9 Å². The second kappa shape index (κ2) is 5.39. The lowest BCUT2D eigenvalue weighted by atomic mass is 10.4. The van der Waals surface area contributed by atoms with Crippen LogP contribution in [0.4, 0.5) is 19.1 Å². The van der Waals surface area contributed by atoms with Crippen LogP contribution in [0.3, 0.4) is 0 Å². The largest absolute Gasteiger partial charge is 0.433 e. The monoisotopic (exact) mass is 287 g/mol. The smallest absolute Gasteiger partial charge is 0.357 e. The van der Waals surface area contributed by atoms with Gasteiger partial charge in [0.1, 0.15) is 5.03 Å². The molecular weight excluding hydrogens is 279 g/mol. The average molecular weight is 287 g/mol. The number of nitrogens with zero attached hydrogens (tertiary/aromatic N) is 4. The molecule has 0 aliphatic carbocycles. The highest BCUT2D eigenvalue weighted by Gasteiger charge is 2.33. The van der Waals surface area contributed by atoms with Gasteiger partial charge in [0.15, 0.2) is 10.9 Å². The first kappa shape index (κ1) is 13.5. The van der Waals surface area contributed by atoms with E-state index in [9.17, 15) is 13.2 Å². The van der Waals surface area contributed by atoms with Crippen LogP contribution in [0.25, 0.3) is 0 Å². The lowest BCUT2D eigenvalue weighted by molar-refractivity contribution is -0.141. The minimum atomic E-state index is -4.53. The van der Waals surface area contributed by atoms with Crippen molar-refractivity contribution in [1.82, 2.24) is 19.9 Å². The highest BCUT2D eigenvalue weighted by atomic mass is 32.2. The Balaban J connectivity index is 2.35. The zero-order valence-corrected chi connectivity index (χ0v) is 10.5. The molecule has 0 aromatic carbocycles. The maximum Gasteiger partial charge on any atom is 0.433 e. The van der Waals surface area contributed by atoms with Crippen molar-refractivity contribution in [3.05, 3.63) is 30.2 Å². The number of hydrogen-bond donors (Lipinski definition) is 1. The predicted octanol–water partition coefficient (Wildman–Crippen LogP) is 2.48. The van der Waals surface area contributed by atoms with Gasteiger partial charge >= 0.3 is 6.18 Å². The summed E-state index contributed by atoms with van der Waals surface area (Å²) in [6.07, 6.45) is -1.53. The van der Waals surface area contributed by atoms with E-state index in [0.29, 0.717) is 5.16 Å². The number of nitrogens with one attached hydrogen (secondary N) is 1. The third-order valence-corrected chi connectivity index (χ3v) is 2.77. The van der Waals surface area contributed by atoms with E-state index in [1.807, 2.05) is 0 Å². The van der Waals surface area contributed by atoms with Crippen molar-refractivity contribution in [2.75, 3.05) is 12.4 Å². The molecule has 0 saturated heterocycles. The maximum absolute atomic E-state index is 12.7. The van der Waals surface area contributed by atoms with Crippen molar-refractivity contribution in [2.24, 2.45) is 0 Å². The summed E-state index contributed by atoms with van der Waals surface area (Å²) in [5.41, 5.74) is -1.01. The summed E-state index contributed by atoms with van der Waals surface area (Å²) < 4.78 is 38.0. The molecular formula is C10H8F3N5S. The molecule has 2 aromatic rings. The van der Waals surface area contributed by atoms with E-state index >= 15 is 0 Å². The van der Waals surface area contributed by atoms with E-state index in [0.717, 1.165) is 17.8 Å². The molecule has 0 spiro atoms. The normalized spacial score (nSPS) is 11.4. The van der Waals surface area contributed by atoms with Crippen LogP contribution in [0.1, 0.15) is 5.69 Å². The number of aromatic nitrogens is 4. The first-order valence-corrected chi connectivity index (χ1v) is 5.89. The van der Waals surface area contributed by atoms with Crippen LogP contribution in [0.2, 0.25) is 0 Å². The van der Waals surface area contributed by atoms with E-state index in [1.54, 1.807) is 6.07 Å². The maximum atomic E-state index is 12.7. The Morgan fingerprint density at radius 3 is 2.42 bits per heavy atom. The molecule has 100 valence electrons. The van der Waals surface area contributed by atoms with Crippen molar-refractivity contribution >= 4 is 17.7 Å². The van der Waals surface area contributed by atoms with Gasteiger partial charge in [0.05, 0.1) is 0 Å². The lowest BCUT2D eigenvalue weighted by Crippen LogP contribution is -2.11. The van der Waals surface area contributed by atoms with E-state index in [4.69, 9.17) is 0 Å². The molecule has 0 aliphatic heterocycles. The molecule has 0 atom stereocenters. The molecule has 2 heterocycles. The molecule has 1 N–H and O–H groups in total. The summed E-state index contributed by atoms with van der Waals surface area (Å²) >= 11 is 0.934. The summed E-state index contributed by atoms with van der Waals surface area (Å²) in [5, 5.41) is 2.93. The fraction of sp³-hybridized carbons (Fsp3) is 0.200. The van der Waals surface area contributed by atoms with E-state index in [1.165, 1.54) is 19.4 Å². The molecule has 9 heteroatoms. The molecule has 2 rings (SSSR count). The lowest BCUT2D eigenvalue weighted by Gasteiger charge is -2.09. The highest BCUT2D eigenvalue weighted by Crippen LogP contribution is 2.32. The van der Waals surface area contributed by atoms with Gasteiger partial charge < -0.3 is 5.32 Å². The Labute approximate surface area is 110 Å². The second-order valence-corrected chi connectivity index (χ2v) is 4.28. The number of hydrogen-bond acceptors (Lipinski definition) is 6. The Morgan fingerprint density at radius 1 is 1.16 bits per heavy atom. The van der Waals surface area contributed by atoms with Gasteiger partial charge in [0.25, 0.3) is 0 Å². The third-order valence-electron chi connectivity index (χ3n) is 1.95. The summed E-state index contributed by atoms with van der Waals surface area (Å²) in [6.45, 7) is 0. The Morgan fingerprint density at radius 2 is 1.84 bits per heavy atom. The topological polar surface area (TPSA) is 63.6 Å². The number of anilines is 1. The van der Waals surface area contributed by atoms with Crippen LogP contribution < -0.4 is 5.32 Å². The minimum Gasteiger partial charge on any atom is -0.357 e. The van der Waals surface area contributed by atoms with Gasteiger partial charge in [-0.3, -0.25) is 0 Å². The molecule has 0 radical (unpaired) electrons. The van der Waals surface area contributed by atoms with Gasteiger partial charge in [-0.2, -0.15) is 13.2 Å². The van der Waals surface area contributed by atoms with Crippen LogP contribution in [-0.2, 0) is 6.18 Å². The quantitative estimate of drug-likeness (QED) is 0.691. The van der Waals surface area contributed by atoms with E-state index in [-0.39, 0.29) is 11.0 Å². The summed E-state index contributed by atoms with van der Waals surface area (Å²) in [6, 6.07) is 2.48. The highest BCUT2D eigenvalue weighted by molar-refractivity contribution is 7.99. The summed E-state index contributed by atoms with van der Waals surface area (Å²) in [4.78, 5) is 15.1. The van der Waals surface area contributed by atoms with Gasteiger partial charge in [0.2, 0.25) is 5.95 Å². The molecule has 0 amide bonds. The van der Waals surface area contributed by atoms with Gasteiger partial charge in [-0.05, 0) is 17.8 Å².